The molecule has 8 nitrogen and oxygen atoms in total. The van der Waals surface area contributed by atoms with E-state index in [1.807, 2.05) is 36.0 Å². The van der Waals surface area contributed by atoms with Crippen LogP contribution in [0.3, 0.4) is 0 Å². The molecule has 1 aromatic heterocycles. The summed E-state index contributed by atoms with van der Waals surface area (Å²) < 4.78 is 12.4. The van der Waals surface area contributed by atoms with Gasteiger partial charge in [-0.1, -0.05) is 18.2 Å². The molecule has 3 aliphatic rings. The van der Waals surface area contributed by atoms with Crippen molar-refractivity contribution in [2.24, 2.45) is 13.0 Å². The lowest BCUT2D eigenvalue weighted by Gasteiger charge is -2.50. The molecule has 3 aromatic rings. The van der Waals surface area contributed by atoms with Crippen LogP contribution in [0.1, 0.15) is 34.8 Å². The molecule has 9 heteroatoms. The van der Waals surface area contributed by atoms with Crippen molar-refractivity contribution in [1.29, 1.82) is 0 Å². The Morgan fingerprint density at radius 1 is 1.16 bits per heavy atom. The highest BCUT2D eigenvalue weighted by Crippen LogP contribution is 2.42. The van der Waals surface area contributed by atoms with E-state index in [9.17, 15) is 4.79 Å². The third kappa shape index (κ3) is 5.33. The van der Waals surface area contributed by atoms with Crippen LogP contribution in [0.5, 0.6) is 5.75 Å². The fourth-order valence-corrected chi connectivity index (χ4v) is 5.93. The average molecular weight is 520 g/mol. The molecule has 0 spiro atoms. The summed E-state index contributed by atoms with van der Waals surface area (Å²) in [4.78, 5) is 14.4. The number of nitrogens with one attached hydrogen (secondary N) is 2. The van der Waals surface area contributed by atoms with Crippen LogP contribution in [0.4, 0.5) is 5.69 Å². The second kappa shape index (κ2) is 10.9. The van der Waals surface area contributed by atoms with Crippen molar-refractivity contribution in [3.8, 4) is 17.0 Å². The minimum atomic E-state index is -0.369. The minimum absolute atomic E-state index is 0.369. The summed E-state index contributed by atoms with van der Waals surface area (Å²) in [5.74, 6) is 1.54. The van der Waals surface area contributed by atoms with Crippen LogP contribution in [-0.2, 0) is 11.8 Å². The molecule has 3 aliphatic heterocycles. The van der Waals surface area contributed by atoms with E-state index in [-0.39, 0.29) is 5.97 Å². The van der Waals surface area contributed by atoms with E-state index in [0.717, 1.165) is 48.7 Å². The number of thiocarbonyl (C=S) groups is 1. The van der Waals surface area contributed by atoms with Gasteiger partial charge in [0.25, 0.3) is 0 Å². The van der Waals surface area contributed by atoms with Gasteiger partial charge in [0, 0.05) is 49.0 Å². The molecule has 194 valence electrons. The standard InChI is InChI=1S/C28H33N5O3S/c1-32-25(15-24(31-32)22-9-4-5-10-26(22)35-2)23-17-33-12-11-18(23)14-21(33)16-29-28(37)30-20-8-6-7-19(13-20)27(34)36-3/h4-10,13,15,18,21,23H,11-12,14,16-17H2,1-3H3,(H2,29,30,37)/t18-,21+,23-/m0/s1. The molecule has 3 fully saturated rings. The van der Waals surface area contributed by atoms with Gasteiger partial charge in [-0.25, -0.2) is 4.79 Å². The highest BCUT2D eigenvalue weighted by Gasteiger charge is 2.41. The maximum absolute atomic E-state index is 11.8. The molecule has 37 heavy (non-hydrogen) atoms. The molecular weight excluding hydrogens is 486 g/mol. The molecule has 0 aliphatic carbocycles. The van der Waals surface area contributed by atoms with E-state index in [1.165, 1.54) is 19.2 Å². The molecule has 0 amide bonds. The van der Waals surface area contributed by atoms with Gasteiger partial charge < -0.3 is 20.1 Å². The van der Waals surface area contributed by atoms with E-state index in [0.29, 0.717) is 28.6 Å². The second-order valence-corrected chi connectivity index (χ2v) is 10.1. The molecule has 0 radical (unpaired) electrons. The summed E-state index contributed by atoms with van der Waals surface area (Å²) in [5, 5.41) is 12.0. The van der Waals surface area contributed by atoms with Gasteiger partial charge in [-0.05, 0) is 73.9 Å². The zero-order valence-corrected chi connectivity index (χ0v) is 22.3. The van der Waals surface area contributed by atoms with E-state index in [2.05, 4.69) is 27.7 Å². The Morgan fingerprint density at radius 2 is 2.00 bits per heavy atom. The first kappa shape index (κ1) is 25.2. The fraction of sp³-hybridized carbons (Fsp3) is 0.393. The van der Waals surface area contributed by atoms with Gasteiger partial charge >= 0.3 is 5.97 Å². The number of piperidine rings is 3. The van der Waals surface area contributed by atoms with Crippen molar-refractivity contribution < 1.29 is 14.3 Å². The Kier molecular flexibility index (Phi) is 7.43. The van der Waals surface area contributed by atoms with Gasteiger partial charge in [0.15, 0.2) is 5.11 Å². The number of hydrogen-bond acceptors (Lipinski definition) is 6. The monoisotopic (exact) mass is 519 g/mol. The molecule has 6 rings (SSSR count). The number of esters is 1. The Hall–Kier alpha value is -3.43. The predicted molar refractivity (Wildman–Crippen MR) is 148 cm³/mol. The number of carbonyl (C=O) groups is 1. The quantitative estimate of drug-likeness (QED) is 0.358. The third-order valence-corrected chi connectivity index (χ3v) is 7.84. The number of fused-ring (bicyclic) bond motifs is 3. The third-order valence-electron chi connectivity index (χ3n) is 7.60. The van der Waals surface area contributed by atoms with Crippen molar-refractivity contribution in [2.45, 2.75) is 24.8 Å². The number of rotatable bonds is 7. The predicted octanol–water partition coefficient (Wildman–Crippen LogP) is 4.05. The number of para-hydroxylation sites is 1. The van der Waals surface area contributed by atoms with E-state index < -0.39 is 0 Å². The maximum Gasteiger partial charge on any atom is 0.337 e. The summed E-state index contributed by atoms with van der Waals surface area (Å²) in [7, 11) is 5.12. The normalized spacial score (nSPS) is 22.4. The molecule has 2 N–H and O–H groups in total. The first-order valence-electron chi connectivity index (χ1n) is 12.6. The van der Waals surface area contributed by atoms with Crippen molar-refractivity contribution in [1.82, 2.24) is 20.0 Å². The van der Waals surface area contributed by atoms with Gasteiger partial charge in [-0.3, -0.25) is 9.58 Å². The molecule has 4 atom stereocenters. The Bertz CT molecular complexity index is 1290. The van der Waals surface area contributed by atoms with E-state index in [4.69, 9.17) is 26.8 Å². The zero-order chi connectivity index (χ0) is 25.9. The largest absolute Gasteiger partial charge is 0.496 e. The number of benzene rings is 2. The molecule has 3 saturated heterocycles. The Balaban J connectivity index is 1.20. The van der Waals surface area contributed by atoms with Crippen LogP contribution < -0.4 is 15.4 Å². The lowest BCUT2D eigenvalue weighted by molar-refractivity contribution is 0.0303. The minimum Gasteiger partial charge on any atom is -0.496 e. The number of methoxy groups -OCH3 is 2. The van der Waals surface area contributed by atoms with Crippen molar-refractivity contribution in [2.75, 3.05) is 39.2 Å². The summed E-state index contributed by atoms with van der Waals surface area (Å²) in [5.41, 5.74) is 4.50. The van der Waals surface area contributed by atoms with Crippen LogP contribution >= 0.6 is 12.2 Å². The van der Waals surface area contributed by atoms with Crippen LogP contribution in [0, 0.1) is 5.92 Å². The van der Waals surface area contributed by atoms with Crippen molar-refractivity contribution in [3.05, 3.63) is 65.9 Å². The average Bonchev–Trinajstić information content (AvgIpc) is 3.33. The highest BCUT2D eigenvalue weighted by atomic mass is 32.1. The van der Waals surface area contributed by atoms with Gasteiger partial charge in [-0.2, -0.15) is 5.10 Å². The summed E-state index contributed by atoms with van der Waals surface area (Å²) in [6, 6.07) is 17.8. The lowest BCUT2D eigenvalue weighted by Crippen LogP contribution is -2.56. The molecular formula is C28H33N5O3S. The highest BCUT2D eigenvalue weighted by molar-refractivity contribution is 7.80. The van der Waals surface area contributed by atoms with Gasteiger partial charge in [0.2, 0.25) is 0 Å². The van der Waals surface area contributed by atoms with E-state index >= 15 is 0 Å². The van der Waals surface area contributed by atoms with Gasteiger partial charge in [-0.15, -0.1) is 0 Å². The lowest BCUT2D eigenvalue weighted by atomic mass is 9.74. The van der Waals surface area contributed by atoms with Crippen LogP contribution in [0.2, 0.25) is 0 Å². The number of anilines is 1. The topological polar surface area (TPSA) is 80.7 Å². The molecule has 0 saturated carbocycles. The number of aryl methyl sites for hydroxylation is 1. The summed E-state index contributed by atoms with van der Waals surface area (Å²) in [6.45, 7) is 2.90. The maximum atomic E-state index is 11.8. The zero-order valence-electron chi connectivity index (χ0n) is 21.4. The summed E-state index contributed by atoms with van der Waals surface area (Å²) in [6.07, 6.45) is 2.31. The SMILES string of the molecule is COC(=O)c1cccc(NC(=S)NC[C@H]2C[C@@H]3CCN2C[C@@H]3c2cc(-c3ccccc3OC)nn2C)c1. The molecule has 2 aromatic carbocycles. The summed E-state index contributed by atoms with van der Waals surface area (Å²) >= 11 is 5.54. The van der Waals surface area contributed by atoms with Crippen molar-refractivity contribution >= 4 is 29.0 Å². The van der Waals surface area contributed by atoms with Gasteiger partial charge in [0.05, 0.1) is 25.5 Å². The second-order valence-electron chi connectivity index (χ2n) is 9.73. The van der Waals surface area contributed by atoms with Gasteiger partial charge in [0.1, 0.15) is 5.75 Å². The number of ether oxygens (including phenoxy) is 2. The first-order valence-corrected chi connectivity index (χ1v) is 13.0. The Labute approximate surface area is 222 Å². The number of carbonyl (C=O) groups excluding carboxylic acids is 1. The number of aromatic nitrogens is 2. The van der Waals surface area contributed by atoms with Crippen LogP contribution in [-0.4, -0.2) is 65.7 Å². The smallest absolute Gasteiger partial charge is 0.337 e. The molecule has 1 unspecified atom stereocenters. The first-order chi connectivity index (χ1) is 18.0. The molecule has 4 heterocycles. The number of nitrogens with zero attached hydrogens (tertiary/aromatic N) is 3. The number of hydrogen-bond donors (Lipinski definition) is 2. The van der Waals surface area contributed by atoms with Crippen LogP contribution in [0.25, 0.3) is 11.3 Å². The van der Waals surface area contributed by atoms with Crippen LogP contribution in [0.15, 0.2) is 54.6 Å². The Morgan fingerprint density at radius 3 is 2.76 bits per heavy atom. The molecule has 2 bridgehead atoms. The van der Waals surface area contributed by atoms with E-state index in [1.54, 1.807) is 25.3 Å². The van der Waals surface area contributed by atoms with Crippen molar-refractivity contribution in [3.63, 3.8) is 0 Å². The fourth-order valence-electron chi connectivity index (χ4n) is 5.73.